The number of amides is 3. The molecule has 0 aromatic heterocycles. The number of halogens is 2. The minimum atomic E-state index is -0.878. The predicted molar refractivity (Wildman–Crippen MR) is 86.5 cm³/mol. The predicted octanol–water partition coefficient (Wildman–Crippen LogP) is 2.02. The highest BCUT2D eigenvalue weighted by Gasteiger charge is 2.27. The molecule has 0 atom stereocenters. The Kier molecular flexibility index (Phi) is 6.11. The number of hydrogen-bond donors (Lipinski definition) is 1. The molecule has 0 radical (unpaired) electrons. The molecule has 132 valence electrons. The van der Waals surface area contributed by atoms with E-state index in [4.69, 9.17) is 0 Å². The van der Waals surface area contributed by atoms with Crippen LogP contribution >= 0.6 is 0 Å². The van der Waals surface area contributed by atoms with E-state index in [1.54, 1.807) is 19.0 Å². The largest absolute Gasteiger partial charge is 0.356 e. The summed E-state index contributed by atoms with van der Waals surface area (Å²) < 4.78 is 26.7. The van der Waals surface area contributed by atoms with E-state index >= 15 is 0 Å². The average Bonchev–Trinajstić information content (AvgIpc) is 2.58. The van der Waals surface area contributed by atoms with Crippen LogP contribution in [0, 0.1) is 17.6 Å². The summed E-state index contributed by atoms with van der Waals surface area (Å²) in [6.45, 7) is 1.36. The Balaban J connectivity index is 1.76. The summed E-state index contributed by atoms with van der Waals surface area (Å²) in [5, 5.41) is 2.77. The van der Waals surface area contributed by atoms with Crippen molar-refractivity contribution in [3.05, 3.63) is 35.4 Å². The third-order valence-electron chi connectivity index (χ3n) is 4.24. The second-order valence-electron chi connectivity index (χ2n) is 6.19. The van der Waals surface area contributed by atoms with Crippen LogP contribution in [0.15, 0.2) is 18.2 Å². The number of benzene rings is 1. The molecule has 1 aliphatic heterocycles. The Morgan fingerprint density at radius 3 is 2.54 bits per heavy atom. The minimum Gasteiger partial charge on any atom is -0.356 e. The lowest BCUT2D eigenvalue weighted by Gasteiger charge is -2.33. The van der Waals surface area contributed by atoms with E-state index in [0.717, 1.165) is 6.07 Å². The third-order valence-corrected chi connectivity index (χ3v) is 4.24. The van der Waals surface area contributed by atoms with Crippen molar-refractivity contribution in [2.45, 2.75) is 19.3 Å². The molecule has 0 saturated carbocycles. The normalized spacial score (nSPS) is 15.2. The van der Waals surface area contributed by atoms with Crippen molar-refractivity contribution in [2.24, 2.45) is 5.92 Å². The van der Waals surface area contributed by atoms with Gasteiger partial charge in [0, 0.05) is 39.6 Å². The van der Waals surface area contributed by atoms with Gasteiger partial charge in [-0.05, 0) is 30.9 Å². The number of piperidine rings is 1. The van der Waals surface area contributed by atoms with Gasteiger partial charge in [0.15, 0.2) is 11.6 Å². The SMILES string of the molecule is CN(C)C(=O)N1CCC(C(=O)NCCc2cccc(F)c2F)CC1. The second kappa shape index (κ2) is 8.08. The number of nitrogens with zero attached hydrogens (tertiary/aromatic N) is 2. The lowest BCUT2D eigenvalue weighted by Crippen LogP contribution is -2.46. The molecule has 3 amide bonds. The van der Waals surface area contributed by atoms with Gasteiger partial charge in [-0.1, -0.05) is 12.1 Å². The standard InChI is InChI=1S/C17H23F2N3O2/c1-21(2)17(24)22-10-7-13(8-11-22)16(23)20-9-6-12-4-3-5-14(18)15(12)19/h3-5,13H,6-11H2,1-2H3,(H,20,23). The van der Waals surface area contributed by atoms with Crippen LogP contribution in [-0.2, 0) is 11.2 Å². The minimum absolute atomic E-state index is 0.0459. The van der Waals surface area contributed by atoms with Gasteiger partial charge in [-0.15, -0.1) is 0 Å². The van der Waals surface area contributed by atoms with E-state index in [0.29, 0.717) is 25.9 Å². The molecule has 0 unspecified atom stereocenters. The third kappa shape index (κ3) is 4.43. The summed E-state index contributed by atoms with van der Waals surface area (Å²) in [7, 11) is 3.40. The molecule has 5 nitrogen and oxygen atoms in total. The van der Waals surface area contributed by atoms with Gasteiger partial charge in [0.1, 0.15) is 0 Å². The van der Waals surface area contributed by atoms with E-state index in [9.17, 15) is 18.4 Å². The maximum Gasteiger partial charge on any atom is 0.319 e. The highest BCUT2D eigenvalue weighted by molar-refractivity contribution is 5.79. The topological polar surface area (TPSA) is 52.7 Å². The first kappa shape index (κ1) is 18.2. The molecule has 1 heterocycles. The summed E-state index contributed by atoms with van der Waals surface area (Å²) >= 11 is 0. The van der Waals surface area contributed by atoms with Crippen molar-refractivity contribution in [3.63, 3.8) is 0 Å². The molecule has 1 aromatic carbocycles. The van der Waals surface area contributed by atoms with Gasteiger partial charge < -0.3 is 15.1 Å². The summed E-state index contributed by atoms with van der Waals surface area (Å²) in [4.78, 5) is 27.3. The molecule has 0 spiro atoms. The van der Waals surface area contributed by atoms with Crippen molar-refractivity contribution in [1.29, 1.82) is 0 Å². The lowest BCUT2D eigenvalue weighted by molar-refractivity contribution is -0.126. The van der Waals surface area contributed by atoms with E-state index < -0.39 is 11.6 Å². The molecular weight excluding hydrogens is 316 g/mol. The Morgan fingerprint density at radius 2 is 1.92 bits per heavy atom. The first-order valence-electron chi connectivity index (χ1n) is 8.07. The second-order valence-corrected chi connectivity index (χ2v) is 6.19. The summed E-state index contributed by atoms with van der Waals surface area (Å²) in [6.07, 6.45) is 1.47. The molecule has 1 aromatic rings. The van der Waals surface area contributed by atoms with Gasteiger partial charge in [-0.3, -0.25) is 4.79 Å². The zero-order valence-electron chi connectivity index (χ0n) is 14.0. The molecule has 0 aliphatic carbocycles. The van der Waals surface area contributed by atoms with Crippen LogP contribution in [0.25, 0.3) is 0 Å². The molecule has 24 heavy (non-hydrogen) atoms. The van der Waals surface area contributed by atoms with Crippen molar-refractivity contribution in [2.75, 3.05) is 33.7 Å². The molecule has 1 fully saturated rings. The lowest BCUT2D eigenvalue weighted by atomic mass is 9.96. The van der Waals surface area contributed by atoms with Crippen molar-refractivity contribution >= 4 is 11.9 Å². The fourth-order valence-electron chi connectivity index (χ4n) is 2.82. The number of carbonyl (C=O) groups excluding carboxylic acids is 2. The highest BCUT2D eigenvalue weighted by atomic mass is 19.2. The maximum atomic E-state index is 13.5. The van der Waals surface area contributed by atoms with Crippen molar-refractivity contribution in [3.8, 4) is 0 Å². The highest BCUT2D eigenvalue weighted by Crippen LogP contribution is 2.18. The van der Waals surface area contributed by atoms with Crippen LogP contribution in [0.2, 0.25) is 0 Å². The van der Waals surface area contributed by atoms with Gasteiger partial charge in [-0.2, -0.15) is 0 Å². The fraction of sp³-hybridized carbons (Fsp3) is 0.529. The van der Waals surface area contributed by atoms with Crippen LogP contribution in [0.1, 0.15) is 18.4 Å². The van der Waals surface area contributed by atoms with Gasteiger partial charge in [0.2, 0.25) is 5.91 Å². The van der Waals surface area contributed by atoms with E-state index in [-0.39, 0.29) is 36.4 Å². The van der Waals surface area contributed by atoms with E-state index in [1.165, 1.54) is 17.0 Å². The van der Waals surface area contributed by atoms with Gasteiger partial charge >= 0.3 is 6.03 Å². The zero-order chi connectivity index (χ0) is 17.7. The summed E-state index contributed by atoms with van der Waals surface area (Å²) in [5.41, 5.74) is 0.252. The summed E-state index contributed by atoms with van der Waals surface area (Å²) in [6, 6.07) is 3.99. The van der Waals surface area contributed by atoms with Crippen LogP contribution in [0.5, 0.6) is 0 Å². The number of carbonyl (C=O) groups is 2. The van der Waals surface area contributed by atoms with E-state index in [2.05, 4.69) is 5.32 Å². The monoisotopic (exact) mass is 339 g/mol. The van der Waals surface area contributed by atoms with Gasteiger partial charge in [0.25, 0.3) is 0 Å². The number of hydrogen-bond acceptors (Lipinski definition) is 2. The molecule has 2 rings (SSSR count). The van der Waals surface area contributed by atoms with Crippen molar-refractivity contribution < 1.29 is 18.4 Å². The molecule has 0 bridgehead atoms. The Labute approximate surface area is 140 Å². The van der Waals surface area contributed by atoms with Gasteiger partial charge in [-0.25, -0.2) is 13.6 Å². The Morgan fingerprint density at radius 1 is 1.25 bits per heavy atom. The number of nitrogens with one attached hydrogen (secondary N) is 1. The summed E-state index contributed by atoms with van der Waals surface area (Å²) in [5.74, 6) is -1.98. The molecule has 1 saturated heterocycles. The zero-order valence-corrected chi connectivity index (χ0v) is 14.0. The fourth-order valence-corrected chi connectivity index (χ4v) is 2.82. The maximum absolute atomic E-state index is 13.5. The first-order chi connectivity index (χ1) is 11.4. The molecule has 1 aliphatic rings. The quantitative estimate of drug-likeness (QED) is 0.912. The molecular formula is C17H23F2N3O2. The van der Waals surface area contributed by atoms with Crippen LogP contribution in [0.4, 0.5) is 13.6 Å². The van der Waals surface area contributed by atoms with Crippen LogP contribution < -0.4 is 5.32 Å². The molecule has 1 N–H and O–H groups in total. The number of likely N-dealkylation sites (tertiary alicyclic amines) is 1. The Bertz CT molecular complexity index is 599. The molecule has 7 heteroatoms. The average molecular weight is 339 g/mol. The first-order valence-corrected chi connectivity index (χ1v) is 8.07. The van der Waals surface area contributed by atoms with Gasteiger partial charge in [0.05, 0.1) is 0 Å². The smallest absolute Gasteiger partial charge is 0.319 e. The Hall–Kier alpha value is -2.18. The van der Waals surface area contributed by atoms with Crippen LogP contribution in [0.3, 0.4) is 0 Å². The van der Waals surface area contributed by atoms with Crippen molar-refractivity contribution in [1.82, 2.24) is 15.1 Å². The number of rotatable bonds is 4. The number of urea groups is 1. The van der Waals surface area contributed by atoms with Crippen LogP contribution in [-0.4, -0.2) is 55.5 Å². The van der Waals surface area contributed by atoms with E-state index in [1.807, 2.05) is 0 Å².